The van der Waals surface area contributed by atoms with E-state index in [4.69, 9.17) is 0 Å². The first-order valence-electron chi connectivity index (χ1n) is 12.9. The second-order valence-corrected chi connectivity index (χ2v) is 8.68. The largest absolute Gasteiger partial charge is 0.363 e. The molecule has 220 valence electrons. The lowest BCUT2D eigenvalue weighted by Gasteiger charge is -2.17. The second-order valence-electron chi connectivity index (χ2n) is 8.68. The Morgan fingerprint density at radius 1 is 1.24 bits per heavy atom. The number of rotatable bonds is 13. The molecule has 2 rings (SSSR count). The summed E-state index contributed by atoms with van der Waals surface area (Å²) in [5.74, 6) is -2.17. The maximum Gasteiger partial charge on any atom is 0.246 e. The number of carbonyl (C=O) groups excluding carboxylic acids is 1. The number of amides is 1. The molecular formula is C30H40F2N8O. The maximum atomic E-state index is 14.0. The van der Waals surface area contributed by atoms with Gasteiger partial charge >= 0.3 is 0 Å². The molecule has 0 fully saturated rings. The third kappa shape index (κ3) is 10.8. The van der Waals surface area contributed by atoms with Crippen molar-refractivity contribution >= 4 is 36.4 Å². The van der Waals surface area contributed by atoms with E-state index in [1.165, 1.54) is 22.7 Å². The van der Waals surface area contributed by atoms with E-state index < -0.39 is 17.6 Å². The Kier molecular flexibility index (Phi) is 14.9. The Bertz CT molecular complexity index is 1380. The first-order chi connectivity index (χ1) is 19.6. The fourth-order valence-electron chi connectivity index (χ4n) is 3.36. The van der Waals surface area contributed by atoms with Crippen LogP contribution >= 0.6 is 0 Å². The summed E-state index contributed by atoms with van der Waals surface area (Å²) >= 11 is 0. The average molecular weight is 567 g/mol. The molecule has 9 nitrogen and oxygen atoms in total. The normalized spacial score (nSPS) is 12.8. The first kappa shape index (κ1) is 34.4. The van der Waals surface area contributed by atoms with Crippen molar-refractivity contribution in [3.05, 3.63) is 90.0 Å². The predicted molar refractivity (Wildman–Crippen MR) is 166 cm³/mol. The SMILES string of the molecule is C=C/C=C(NC(=O)CN(/C=C(\CC)c1cnc2c(NC/C(C)=C/C)nc(C)cn12)N=C)\C(F)=C(/C)F.C=N/C=C\C. The van der Waals surface area contributed by atoms with Crippen LogP contribution in [0.2, 0.25) is 0 Å². The van der Waals surface area contributed by atoms with Gasteiger partial charge in [0.05, 0.1) is 23.3 Å². The lowest BCUT2D eigenvalue weighted by atomic mass is 10.1. The molecule has 11 heteroatoms. The van der Waals surface area contributed by atoms with Gasteiger partial charge in [-0.15, -0.1) is 0 Å². The van der Waals surface area contributed by atoms with Crippen molar-refractivity contribution in [2.24, 2.45) is 10.1 Å². The van der Waals surface area contributed by atoms with Crippen LogP contribution in [-0.2, 0) is 4.79 Å². The van der Waals surface area contributed by atoms with Crippen LogP contribution in [-0.4, -0.2) is 51.8 Å². The van der Waals surface area contributed by atoms with Gasteiger partial charge < -0.3 is 10.6 Å². The predicted octanol–water partition coefficient (Wildman–Crippen LogP) is 6.66. The molecule has 2 aromatic rings. The van der Waals surface area contributed by atoms with E-state index in [9.17, 15) is 13.6 Å². The molecule has 2 heterocycles. The Balaban J connectivity index is 0.00000154. The number of hydrogen-bond acceptors (Lipinski definition) is 7. The lowest BCUT2D eigenvalue weighted by Crippen LogP contribution is -2.32. The number of nitrogens with one attached hydrogen (secondary N) is 2. The minimum Gasteiger partial charge on any atom is -0.363 e. The Morgan fingerprint density at radius 3 is 2.46 bits per heavy atom. The van der Waals surface area contributed by atoms with E-state index in [0.717, 1.165) is 23.9 Å². The molecule has 0 saturated carbocycles. The summed E-state index contributed by atoms with van der Waals surface area (Å²) in [5, 5.41) is 10.9. The molecule has 41 heavy (non-hydrogen) atoms. The number of aromatic nitrogens is 3. The van der Waals surface area contributed by atoms with E-state index >= 15 is 0 Å². The molecule has 0 unspecified atom stereocenters. The Labute approximate surface area is 241 Å². The van der Waals surface area contributed by atoms with E-state index in [1.54, 1.807) is 18.6 Å². The molecule has 0 aromatic carbocycles. The molecule has 0 aliphatic heterocycles. The van der Waals surface area contributed by atoms with Crippen LogP contribution in [0, 0.1) is 6.92 Å². The van der Waals surface area contributed by atoms with Gasteiger partial charge in [0.25, 0.3) is 0 Å². The summed E-state index contributed by atoms with van der Waals surface area (Å²) in [6.45, 7) is 21.3. The number of fused-ring (bicyclic) bond motifs is 1. The summed E-state index contributed by atoms with van der Waals surface area (Å²) in [6.07, 6.45) is 13.8. The van der Waals surface area contributed by atoms with E-state index in [0.29, 0.717) is 24.4 Å². The van der Waals surface area contributed by atoms with Gasteiger partial charge in [0.1, 0.15) is 12.4 Å². The first-order valence-corrected chi connectivity index (χ1v) is 12.9. The number of hydrazone groups is 1. The van der Waals surface area contributed by atoms with Gasteiger partial charge in [0.15, 0.2) is 17.3 Å². The molecule has 0 spiro atoms. The third-order valence-corrected chi connectivity index (χ3v) is 5.49. The highest BCUT2D eigenvalue weighted by atomic mass is 19.2. The van der Waals surface area contributed by atoms with Crippen LogP contribution in [0.25, 0.3) is 11.2 Å². The molecule has 1 amide bonds. The fourth-order valence-corrected chi connectivity index (χ4v) is 3.36. The Hall–Kier alpha value is -4.67. The fraction of sp³-hybridized carbons (Fsp3) is 0.300. The highest BCUT2D eigenvalue weighted by Gasteiger charge is 2.16. The van der Waals surface area contributed by atoms with Crippen LogP contribution in [0.1, 0.15) is 52.4 Å². The topological polar surface area (TPSA) is 99.3 Å². The minimum atomic E-state index is -1.17. The van der Waals surface area contributed by atoms with Gasteiger partial charge in [-0.1, -0.05) is 37.3 Å². The standard InChI is InChI=1S/C26H33F2N7O.C4H7N/c1-8-11-21(24(28)19(6)27)33-23(36)16-34(29-7)15-20(10-3)22-13-31-26-25(30-12-17(4)9-2)32-18(5)14-35(22)26;1-3-4-5-2/h8-9,11,13-15H,1,7,10,12,16H2,2-6H3,(H,30,32)(H,33,36);3-4H,2H2,1H3/b17-9+,20-15+,21-11+,24-19-;4-3-. The Morgan fingerprint density at radius 2 is 1.95 bits per heavy atom. The number of carbonyl (C=O) groups is 1. The van der Waals surface area contributed by atoms with Gasteiger partial charge in [0, 0.05) is 31.9 Å². The molecule has 0 radical (unpaired) electrons. The number of anilines is 1. The third-order valence-electron chi connectivity index (χ3n) is 5.49. The van der Waals surface area contributed by atoms with Crippen LogP contribution in [0.4, 0.5) is 14.6 Å². The van der Waals surface area contributed by atoms with Crippen molar-refractivity contribution in [3.8, 4) is 0 Å². The van der Waals surface area contributed by atoms with E-state index in [1.807, 2.05) is 57.4 Å². The second kappa shape index (κ2) is 17.8. The molecule has 0 saturated heterocycles. The number of allylic oxidation sites excluding steroid dienone is 7. The molecule has 0 aliphatic rings. The summed E-state index contributed by atoms with van der Waals surface area (Å²) < 4.78 is 29.3. The number of halogens is 2. The number of nitrogens with zero attached hydrogens (tertiary/aromatic N) is 6. The number of aryl methyl sites for hydroxylation is 1. The number of aliphatic imine (C=N–C) groups is 1. The molecule has 0 atom stereocenters. The molecule has 2 N–H and O–H groups in total. The highest BCUT2D eigenvalue weighted by Crippen LogP contribution is 2.24. The number of imidazole rings is 1. The average Bonchev–Trinajstić information content (AvgIpc) is 3.37. The zero-order valence-corrected chi connectivity index (χ0v) is 24.7. The van der Waals surface area contributed by atoms with Crippen molar-refractivity contribution < 1.29 is 13.6 Å². The van der Waals surface area contributed by atoms with Crippen LogP contribution in [0.15, 0.2) is 88.7 Å². The van der Waals surface area contributed by atoms with Gasteiger partial charge in [-0.25, -0.2) is 18.7 Å². The van der Waals surface area contributed by atoms with E-state index in [-0.39, 0.29) is 12.2 Å². The van der Waals surface area contributed by atoms with Gasteiger partial charge in [0.2, 0.25) is 5.91 Å². The van der Waals surface area contributed by atoms with Crippen LogP contribution in [0.3, 0.4) is 0 Å². The summed E-state index contributed by atoms with van der Waals surface area (Å²) in [7, 11) is 0. The summed E-state index contributed by atoms with van der Waals surface area (Å²) in [6, 6.07) is 0. The van der Waals surface area contributed by atoms with Crippen molar-refractivity contribution in [2.45, 2.75) is 48.0 Å². The molecule has 0 aliphatic carbocycles. The van der Waals surface area contributed by atoms with Crippen molar-refractivity contribution in [1.82, 2.24) is 24.7 Å². The lowest BCUT2D eigenvalue weighted by molar-refractivity contribution is -0.120. The highest BCUT2D eigenvalue weighted by molar-refractivity contribution is 5.81. The summed E-state index contributed by atoms with van der Waals surface area (Å²) in [4.78, 5) is 25.1. The van der Waals surface area contributed by atoms with Crippen molar-refractivity contribution in [1.29, 1.82) is 0 Å². The number of hydrogen-bond donors (Lipinski definition) is 2. The van der Waals surface area contributed by atoms with Crippen molar-refractivity contribution in [2.75, 3.05) is 18.4 Å². The van der Waals surface area contributed by atoms with Gasteiger partial charge in [-0.05, 0) is 59.4 Å². The van der Waals surface area contributed by atoms with Crippen LogP contribution in [0.5, 0.6) is 0 Å². The molecule has 0 bridgehead atoms. The molecule has 2 aromatic heterocycles. The van der Waals surface area contributed by atoms with Gasteiger partial charge in [-0.2, -0.15) is 5.10 Å². The van der Waals surface area contributed by atoms with Crippen molar-refractivity contribution in [3.63, 3.8) is 0 Å². The quantitative estimate of drug-likeness (QED) is 0.122. The summed E-state index contributed by atoms with van der Waals surface area (Å²) in [5.41, 5.74) is 3.94. The zero-order chi connectivity index (χ0) is 30.9. The smallest absolute Gasteiger partial charge is 0.246 e. The maximum absolute atomic E-state index is 14.0. The van der Waals surface area contributed by atoms with Crippen LogP contribution < -0.4 is 10.6 Å². The molecular weight excluding hydrogens is 526 g/mol. The zero-order valence-electron chi connectivity index (χ0n) is 24.7. The van der Waals surface area contributed by atoms with E-state index in [2.05, 4.69) is 50.7 Å². The monoisotopic (exact) mass is 566 g/mol. The van der Waals surface area contributed by atoms with Gasteiger partial charge in [-0.3, -0.25) is 19.2 Å². The minimum absolute atomic E-state index is 0.271.